The van der Waals surface area contributed by atoms with Crippen molar-refractivity contribution in [1.82, 2.24) is 0 Å². The molecule has 0 bridgehead atoms. The van der Waals surface area contributed by atoms with E-state index in [9.17, 15) is 0 Å². The molecule has 0 spiro atoms. The second kappa shape index (κ2) is 3.25. The molecule has 0 atom stereocenters. The van der Waals surface area contributed by atoms with Crippen molar-refractivity contribution in [1.29, 1.82) is 0 Å². The molecule has 0 amide bonds. The lowest BCUT2D eigenvalue weighted by atomic mass is 9.86. The molecule has 0 rings (SSSR count). The lowest BCUT2D eigenvalue weighted by molar-refractivity contribution is 0.515. The van der Waals surface area contributed by atoms with Gasteiger partial charge in [-0.05, 0) is 17.9 Å². The van der Waals surface area contributed by atoms with Gasteiger partial charge in [0.15, 0.2) is 0 Å². The first kappa shape index (κ1) is 9.77. The molecule has 0 radical (unpaired) electrons. The van der Waals surface area contributed by atoms with E-state index >= 15 is 0 Å². The van der Waals surface area contributed by atoms with Gasteiger partial charge in [0.25, 0.3) is 0 Å². The van der Waals surface area contributed by atoms with E-state index in [0.29, 0.717) is 0 Å². The van der Waals surface area contributed by atoms with Crippen LogP contribution in [-0.4, -0.2) is 0 Å². The summed E-state index contributed by atoms with van der Waals surface area (Å²) in [7, 11) is 0. The molecule has 0 saturated carbocycles. The quantitative estimate of drug-likeness (QED) is 0.511. The molecule has 0 aromatic rings. The van der Waals surface area contributed by atoms with Crippen molar-refractivity contribution < 1.29 is 0 Å². The van der Waals surface area contributed by atoms with Crippen molar-refractivity contribution in [3.63, 3.8) is 0 Å². The Morgan fingerprint density at radius 1 is 1.40 bits per heavy atom. The first-order valence-corrected chi connectivity index (χ1v) is 3.76. The van der Waals surface area contributed by atoms with Crippen molar-refractivity contribution in [2.45, 2.75) is 27.7 Å². The topological polar surface area (TPSA) is 0 Å². The number of allylic oxidation sites excluding steroid dienone is 3. The highest BCUT2D eigenvalue weighted by Crippen LogP contribution is 2.29. The normalized spacial score (nSPS) is 14.5. The van der Waals surface area contributed by atoms with Gasteiger partial charge < -0.3 is 0 Å². The van der Waals surface area contributed by atoms with E-state index in [2.05, 4.69) is 27.4 Å². The minimum atomic E-state index is 0.119. The zero-order valence-corrected chi connectivity index (χ0v) is 7.92. The third-order valence-corrected chi connectivity index (χ3v) is 1.59. The predicted molar refractivity (Wildman–Crippen MR) is 48.2 cm³/mol. The standard InChI is InChI=1S/C9H15Cl/c1-6-8(7(2)10)9(3,4)5/h6H,1H2,2-5H3/b8-7+. The van der Waals surface area contributed by atoms with Crippen molar-refractivity contribution in [3.8, 4) is 0 Å². The molecule has 0 fully saturated rings. The Morgan fingerprint density at radius 2 is 1.80 bits per heavy atom. The summed E-state index contributed by atoms with van der Waals surface area (Å²) in [4.78, 5) is 0. The van der Waals surface area contributed by atoms with Crippen LogP contribution in [0.25, 0.3) is 0 Å². The average Bonchev–Trinajstić information content (AvgIpc) is 1.60. The molecular weight excluding hydrogens is 144 g/mol. The fourth-order valence-electron chi connectivity index (χ4n) is 0.964. The summed E-state index contributed by atoms with van der Waals surface area (Å²) in [6.07, 6.45) is 1.82. The molecule has 0 aliphatic carbocycles. The number of hydrogen-bond donors (Lipinski definition) is 0. The predicted octanol–water partition coefficient (Wildman–Crippen LogP) is 3.73. The number of halogens is 1. The lowest BCUT2D eigenvalue weighted by Gasteiger charge is -2.20. The number of hydrogen-bond acceptors (Lipinski definition) is 0. The second-order valence-electron chi connectivity index (χ2n) is 3.40. The Balaban J connectivity index is 4.71. The summed E-state index contributed by atoms with van der Waals surface area (Å²) >= 11 is 5.84. The molecule has 0 N–H and O–H groups in total. The lowest BCUT2D eigenvalue weighted by Crippen LogP contribution is -2.07. The average molecular weight is 159 g/mol. The van der Waals surface area contributed by atoms with Crippen LogP contribution < -0.4 is 0 Å². The van der Waals surface area contributed by atoms with Gasteiger partial charge in [0.2, 0.25) is 0 Å². The Morgan fingerprint density at radius 3 is 1.80 bits per heavy atom. The third-order valence-electron chi connectivity index (χ3n) is 1.38. The van der Waals surface area contributed by atoms with Crippen LogP contribution in [0.2, 0.25) is 0 Å². The van der Waals surface area contributed by atoms with Gasteiger partial charge in [-0.2, -0.15) is 0 Å². The number of rotatable bonds is 1. The molecule has 0 heterocycles. The van der Waals surface area contributed by atoms with Crippen LogP contribution in [0.3, 0.4) is 0 Å². The summed E-state index contributed by atoms with van der Waals surface area (Å²) in [5, 5.41) is 0.836. The fraction of sp³-hybridized carbons (Fsp3) is 0.556. The van der Waals surface area contributed by atoms with Crippen molar-refractivity contribution in [3.05, 3.63) is 23.3 Å². The van der Waals surface area contributed by atoms with Gasteiger partial charge >= 0.3 is 0 Å². The molecule has 58 valence electrons. The van der Waals surface area contributed by atoms with Gasteiger partial charge in [-0.15, -0.1) is 0 Å². The van der Waals surface area contributed by atoms with E-state index in [-0.39, 0.29) is 5.41 Å². The van der Waals surface area contributed by atoms with E-state index in [0.717, 1.165) is 10.6 Å². The van der Waals surface area contributed by atoms with Crippen LogP contribution in [0.15, 0.2) is 23.3 Å². The molecule has 0 aliphatic heterocycles. The Kier molecular flexibility index (Phi) is 3.17. The minimum absolute atomic E-state index is 0.119. The Labute approximate surface area is 68.6 Å². The van der Waals surface area contributed by atoms with Gasteiger partial charge in [-0.25, -0.2) is 0 Å². The van der Waals surface area contributed by atoms with Gasteiger partial charge in [-0.3, -0.25) is 0 Å². The highest BCUT2D eigenvalue weighted by atomic mass is 35.5. The van der Waals surface area contributed by atoms with Crippen LogP contribution in [0.5, 0.6) is 0 Å². The Hall–Kier alpha value is -0.230. The minimum Gasteiger partial charge on any atom is -0.0987 e. The molecule has 0 aliphatic rings. The zero-order chi connectivity index (χ0) is 8.36. The first-order valence-electron chi connectivity index (χ1n) is 3.39. The molecule has 10 heavy (non-hydrogen) atoms. The van der Waals surface area contributed by atoms with E-state index in [1.54, 1.807) is 0 Å². The molecule has 0 nitrogen and oxygen atoms in total. The van der Waals surface area contributed by atoms with E-state index in [4.69, 9.17) is 11.6 Å². The highest BCUT2D eigenvalue weighted by Gasteiger charge is 2.15. The maximum Gasteiger partial charge on any atom is 0.0187 e. The fourth-order valence-corrected chi connectivity index (χ4v) is 1.32. The van der Waals surface area contributed by atoms with Gasteiger partial charge in [0.05, 0.1) is 0 Å². The summed E-state index contributed by atoms with van der Waals surface area (Å²) < 4.78 is 0. The maximum absolute atomic E-state index is 5.84. The monoisotopic (exact) mass is 158 g/mol. The molecule has 0 aromatic carbocycles. The van der Waals surface area contributed by atoms with Crippen LogP contribution in [0, 0.1) is 5.41 Å². The van der Waals surface area contributed by atoms with E-state index in [1.165, 1.54) is 0 Å². The third kappa shape index (κ3) is 2.57. The van der Waals surface area contributed by atoms with Crippen LogP contribution in [0.4, 0.5) is 0 Å². The van der Waals surface area contributed by atoms with Crippen molar-refractivity contribution in [2.24, 2.45) is 5.41 Å². The first-order chi connectivity index (χ1) is 4.39. The second-order valence-corrected chi connectivity index (χ2v) is 3.97. The summed E-state index contributed by atoms with van der Waals surface area (Å²) in [6, 6.07) is 0. The largest absolute Gasteiger partial charge is 0.0987 e. The smallest absolute Gasteiger partial charge is 0.0187 e. The van der Waals surface area contributed by atoms with Crippen molar-refractivity contribution >= 4 is 11.6 Å². The van der Waals surface area contributed by atoms with E-state index < -0.39 is 0 Å². The summed E-state index contributed by atoms with van der Waals surface area (Å²) in [5.41, 5.74) is 1.24. The molecule has 0 unspecified atom stereocenters. The van der Waals surface area contributed by atoms with Crippen LogP contribution in [0.1, 0.15) is 27.7 Å². The SMILES string of the molecule is C=C/C(=C(/C)Cl)C(C)(C)C. The zero-order valence-electron chi connectivity index (χ0n) is 7.16. The highest BCUT2D eigenvalue weighted by molar-refractivity contribution is 6.29. The van der Waals surface area contributed by atoms with E-state index in [1.807, 2.05) is 13.0 Å². The summed E-state index contributed by atoms with van der Waals surface area (Å²) in [5.74, 6) is 0. The summed E-state index contributed by atoms with van der Waals surface area (Å²) in [6.45, 7) is 12.0. The van der Waals surface area contributed by atoms with Gasteiger partial charge in [0.1, 0.15) is 0 Å². The van der Waals surface area contributed by atoms with Crippen molar-refractivity contribution in [2.75, 3.05) is 0 Å². The maximum atomic E-state index is 5.84. The molecule has 0 saturated heterocycles. The van der Waals surface area contributed by atoms with Gasteiger partial charge in [0, 0.05) is 5.03 Å². The molecule has 0 aromatic heterocycles. The van der Waals surface area contributed by atoms with Crippen LogP contribution >= 0.6 is 11.6 Å². The van der Waals surface area contributed by atoms with Crippen LogP contribution in [-0.2, 0) is 0 Å². The Bertz CT molecular complexity index is 154. The molecule has 1 heteroatoms. The van der Waals surface area contributed by atoms with Gasteiger partial charge in [-0.1, -0.05) is 45.0 Å². The molecular formula is C9H15Cl.